The summed E-state index contributed by atoms with van der Waals surface area (Å²) in [7, 11) is 0. The van der Waals surface area contributed by atoms with E-state index >= 15 is 0 Å². The predicted octanol–water partition coefficient (Wildman–Crippen LogP) is 3.46. The Morgan fingerprint density at radius 1 is 1.12 bits per heavy atom. The van der Waals surface area contributed by atoms with Crippen LogP contribution in [0.4, 0.5) is 23.0 Å². The minimum atomic E-state index is -0.470. The monoisotopic (exact) mass is 378 g/mol. The molecule has 0 saturated heterocycles. The molecule has 0 fully saturated rings. The number of carbonyl (C=O) groups is 1. The Morgan fingerprint density at radius 3 is 2.64 bits per heavy atom. The van der Waals surface area contributed by atoms with Gasteiger partial charge in [-0.15, -0.1) is 0 Å². The van der Waals surface area contributed by atoms with Crippen LogP contribution in [0.25, 0.3) is 0 Å². The highest BCUT2D eigenvalue weighted by atomic mass is 35.5. The summed E-state index contributed by atoms with van der Waals surface area (Å²) in [6.45, 7) is 0. The number of anilines is 4. The zero-order chi connectivity index (χ0) is 17.8. The van der Waals surface area contributed by atoms with E-state index in [-0.39, 0.29) is 17.3 Å². The molecule has 0 aliphatic carbocycles. The van der Waals surface area contributed by atoms with Gasteiger partial charge in [-0.1, -0.05) is 23.2 Å². The fourth-order valence-corrected chi connectivity index (χ4v) is 2.19. The second-order valence-electron chi connectivity index (χ2n) is 4.79. The standard InChI is InChI=1S/C15H12Cl2N6O2/c16-9-4-3-8(6-10(9)17)21-13-12(18)14(20-7-19-13)22-23-15(24)11-2-1-5-25-11/h1-7H,18H2,(H,23,24)(H2,19,20,21,22). The Bertz CT molecular complexity index is 901. The maximum atomic E-state index is 11.8. The molecule has 0 unspecified atom stereocenters. The molecule has 128 valence electrons. The molecule has 0 atom stereocenters. The largest absolute Gasteiger partial charge is 0.459 e. The lowest BCUT2D eigenvalue weighted by Gasteiger charge is -2.13. The van der Waals surface area contributed by atoms with Crippen molar-refractivity contribution in [3.05, 3.63) is 58.7 Å². The van der Waals surface area contributed by atoms with Crippen molar-refractivity contribution in [2.75, 3.05) is 16.5 Å². The van der Waals surface area contributed by atoms with Crippen LogP contribution in [0.2, 0.25) is 10.0 Å². The molecule has 3 rings (SSSR count). The summed E-state index contributed by atoms with van der Waals surface area (Å²) in [6.07, 6.45) is 2.69. The number of carbonyl (C=O) groups excluding carboxylic acids is 1. The topological polar surface area (TPSA) is 118 Å². The highest BCUT2D eigenvalue weighted by Crippen LogP contribution is 2.29. The second kappa shape index (κ2) is 7.29. The molecule has 2 aromatic heterocycles. The molecule has 0 bridgehead atoms. The summed E-state index contributed by atoms with van der Waals surface area (Å²) in [5.74, 6) is 0.233. The van der Waals surface area contributed by atoms with Gasteiger partial charge < -0.3 is 15.5 Å². The number of aromatic nitrogens is 2. The Balaban J connectivity index is 1.73. The first-order valence-electron chi connectivity index (χ1n) is 6.97. The number of nitrogens with zero attached hydrogens (tertiary/aromatic N) is 2. The molecule has 0 saturated carbocycles. The highest BCUT2D eigenvalue weighted by molar-refractivity contribution is 6.42. The van der Waals surface area contributed by atoms with Crippen LogP contribution in [0, 0.1) is 0 Å². The second-order valence-corrected chi connectivity index (χ2v) is 5.61. The fourth-order valence-electron chi connectivity index (χ4n) is 1.89. The van der Waals surface area contributed by atoms with Gasteiger partial charge in [-0.25, -0.2) is 9.97 Å². The Labute approximate surface area is 152 Å². The maximum absolute atomic E-state index is 11.8. The molecule has 3 aromatic rings. The van der Waals surface area contributed by atoms with E-state index < -0.39 is 5.91 Å². The van der Waals surface area contributed by atoms with E-state index in [4.69, 9.17) is 33.4 Å². The Kier molecular flexibility index (Phi) is 4.92. The Morgan fingerprint density at radius 2 is 1.92 bits per heavy atom. The molecule has 0 aliphatic heterocycles. The Hall–Kier alpha value is -2.97. The summed E-state index contributed by atoms with van der Waals surface area (Å²) >= 11 is 11.9. The van der Waals surface area contributed by atoms with Crippen molar-refractivity contribution in [2.24, 2.45) is 0 Å². The van der Waals surface area contributed by atoms with Gasteiger partial charge in [0.15, 0.2) is 17.4 Å². The lowest BCUT2D eigenvalue weighted by Crippen LogP contribution is -2.30. The number of hydrogen-bond acceptors (Lipinski definition) is 7. The first kappa shape index (κ1) is 16.9. The van der Waals surface area contributed by atoms with E-state index in [2.05, 4.69) is 26.1 Å². The third kappa shape index (κ3) is 3.93. The quantitative estimate of drug-likeness (QED) is 0.502. The molecule has 1 aromatic carbocycles. The molecule has 0 aliphatic rings. The number of benzene rings is 1. The lowest BCUT2D eigenvalue weighted by atomic mass is 10.3. The molecule has 25 heavy (non-hydrogen) atoms. The van der Waals surface area contributed by atoms with Crippen molar-refractivity contribution in [1.29, 1.82) is 0 Å². The van der Waals surface area contributed by atoms with Crippen molar-refractivity contribution in [2.45, 2.75) is 0 Å². The highest BCUT2D eigenvalue weighted by Gasteiger charge is 2.12. The van der Waals surface area contributed by atoms with E-state index in [1.807, 2.05) is 0 Å². The minimum absolute atomic E-state index is 0.147. The third-order valence-electron chi connectivity index (χ3n) is 3.11. The summed E-state index contributed by atoms with van der Waals surface area (Å²) in [5, 5.41) is 3.83. The summed E-state index contributed by atoms with van der Waals surface area (Å²) in [4.78, 5) is 19.9. The van der Waals surface area contributed by atoms with E-state index in [1.165, 1.54) is 18.7 Å². The van der Waals surface area contributed by atoms with Crippen LogP contribution >= 0.6 is 23.2 Å². The van der Waals surface area contributed by atoms with Crippen LogP contribution < -0.4 is 21.9 Å². The zero-order valence-corrected chi connectivity index (χ0v) is 14.1. The lowest BCUT2D eigenvalue weighted by molar-refractivity contribution is 0.0935. The maximum Gasteiger partial charge on any atom is 0.305 e. The molecular weight excluding hydrogens is 367 g/mol. The zero-order valence-electron chi connectivity index (χ0n) is 12.6. The van der Waals surface area contributed by atoms with Gasteiger partial charge in [0, 0.05) is 5.69 Å². The minimum Gasteiger partial charge on any atom is -0.459 e. The molecule has 10 heteroatoms. The molecule has 5 N–H and O–H groups in total. The number of nitrogens with one attached hydrogen (secondary N) is 3. The number of hydrogen-bond donors (Lipinski definition) is 4. The number of halogens is 2. The first-order chi connectivity index (χ1) is 12.0. The molecular formula is C15H12Cl2N6O2. The summed E-state index contributed by atoms with van der Waals surface area (Å²) in [5.41, 5.74) is 11.9. The van der Waals surface area contributed by atoms with Crippen molar-refractivity contribution in [3.8, 4) is 0 Å². The van der Waals surface area contributed by atoms with Crippen molar-refractivity contribution in [3.63, 3.8) is 0 Å². The van der Waals surface area contributed by atoms with Crippen molar-refractivity contribution in [1.82, 2.24) is 15.4 Å². The van der Waals surface area contributed by atoms with E-state index in [9.17, 15) is 4.79 Å². The molecule has 2 heterocycles. The van der Waals surface area contributed by atoms with E-state index in [0.29, 0.717) is 21.6 Å². The van der Waals surface area contributed by atoms with Gasteiger partial charge in [0.05, 0.1) is 16.3 Å². The number of nitrogens with two attached hydrogens (primary N) is 1. The fraction of sp³-hybridized carbons (Fsp3) is 0. The van der Waals surface area contributed by atoms with Crippen LogP contribution in [0.15, 0.2) is 47.3 Å². The molecule has 8 nitrogen and oxygen atoms in total. The van der Waals surface area contributed by atoms with Gasteiger partial charge in [0.1, 0.15) is 12.0 Å². The van der Waals surface area contributed by atoms with Crippen molar-refractivity contribution < 1.29 is 9.21 Å². The number of hydrazine groups is 1. The molecule has 0 spiro atoms. The van der Waals surface area contributed by atoms with Crippen LogP contribution in [-0.4, -0.2) is 15.9 Å². The van der Waals surface area contributed by atoms with Gasteiger partial charge in [-0.05, 0) is 30.3 Å². The van der Waals surface area contributed by atoms with Gasteiger partial charge >= 0.3 is 5.91 Å². The number of furan rings is 1. The predicted molar refractivity (Wildman–Crippen MR) is 96.0 cm³/mol. The van der Waals surface area contributed by atoms with Gasteiger partial charge in [-0.2, -0.15) is 0 Å². The number of rotatable bonds is 5. The van der Waals surface area contributed by atoms with Crippen LogP contribution in [0.3, 0.4) is 0 Å². The smallest absolute Gasteiger partial charge is 0.305 e. The number of amides is 1. The van der Waals surface area contributed by atoms with Crippen molar-refractivity contribution >= 4 is 52.1 Å². The van der Waals surface area contributed by atoms with Crippen LogP contribution in [0.5, 0.6) is 0 Å². The normalized spacial score (nSPS) is 10.3. The average molecular weight is 379 g/mol. The van der Waals surface area contributed by atoms with Crippen LogP contribution in [0.1, 0.15) is 10.6 Å². The van der Waals surface area contributed by atoms with Gasteiger partial charge in [-0.3, -0.25) is 15.6 Å². The van der Waals surface area contributed by atoms with E-state index in [0.717, 1.165) is 0 Å². The average Bonchev–Trinajstić information content (AvgIpc) is 3.13. The first-order valence-corrected chi connectivity index (χ1v) is 7.72. The van der Waals surface area contributed by atoms with Gasteiger partial charge in [0.25, 0.3) is 0 Å². The number of nitrogen functional groups attached to an aromatic ring is 1. The third-order valence-corrected chi connectivity index (χ3v) is 3.84. The molecule has 0 radical (unpaired) electrons. The van der Waals surface area contributed by atoms with E-state index in [1.54, 1.807) is 24.3 Å². The SMILES string of the molecule is Nc1c(NNC(=O)c2ccco2)ncnc1Nc1ccc(Cl)c(Cl)c1. The summed E-state index contributed by atoms with van der Waals surface area (Å²) in [6, 6.07) is 8.13. The van der Waals surface area contributed by atoms with Gasteiger partial charge in [0.2, 0.25) is 0 Å². The molecule has 1 amide bonds. The van der Waals surface area contributed by atoms with Crippen LogP contribution in [-0.2, 0) is 0 Å². The summed E-state index contributed by atoms with van der Waals surface area (Å²) < 4.78 is 4.99.